The molecule has 0 aromatic heterocycles. The van der Waals surface area contributed by atoms with Crippen molar-refractivity contribution < 1.29 is 9.13 Å². The third kappa shape index (κ3) is 4.73. The van der Waals surface area contributed by atoms with Crippen molar-refractivity contribution in [2.45, 2.75) is 20.4 Å². The molecule has 0 heterocycles. The fourth-order valence-electron chi connectivity index (χ4n) is 1.92. The Balaban J connectivity index is 2.14. The molecule has 4 heteroatoms. The lowest BCUT2D eigenvalue weighted by atomic mass is 10.1. The Morgan fingerprint density at radius 1 is 1.14 bits per heavy atom. The summed E-state index contributed by atoms with van der Waals surface area (Å²) in [6, 6.07) is 11.5. The Labute approximate surface area is 129 Å². The molecule has 0 aliphatic rings. The normalized spacial score (nSPS) is 10.9. The van der Waals surface area contributed by atoms with Gasteiger partial charge in [0.1, 0.15) is 17.3 Å². The van der Waals surface area contributed by atoms with Crippen LogP contribution in [0.5, 0.6) is 11.5 Å². The van der Waals surface area contributed by atoms with E-state index < -0.39 is 0 Å². The molecule has 2 nitrogen and oxygen atoms in total. The summed E-state index contributed by atoms with van der Waals surface area (Å²) in [5.74, 6) is 1.55. The van der Waals surface area contributed by atoms with Gasteiger partial charge in [0.25, 0.3) is 0 Å². The second kappa shape index (κ2) is 7.43. The molecule has 0 aliphatic carbocycles. The maximum atomic E-state index is 12.9. The summed E-state index contributed by atoms with van der Waals surface area (Å²) in [6.45, 7) is 5.83. The lowest BCUT2D eigenvalue weighted by molar-refractivity contribution is 0.467. The van der Waals surface area contributed by atoms with Crippen molar-refractivity contribution in [2.24, 2.45) is 5.92 Å². The fourth-order valence-corrected chi connectivity index (χ4v) is 2.15. The molecule has 0 fully saturated rings. The zero-order valence-electron chi connectivity index (χ0n) is 12.2. The van der Waals surface area contributed by atoms with Crippen LogP contribution < -0.4 is 10.1 Å². The Kier molecular flexibility index (Phi) is 5.59. The van der Waals surface area contributed by atoms with E-state index in [2.05, 4.69) is 19.2 Å². The highest BCUT2D eigenvalue weighted by Crippen LogP contribution is 2.30. The molecule has 2 rings (SSSR count). The monoisotopic (exact) mass is 307 g/mol. The third-order valence-electron chi connectivity index (χ3n) is 2.97. The van der Waals surface area contributed by atoms with Crippen molar-refractivity contribution >= 4 is 11.6 Å². The van der Waals surface area contributed by atoms with Crippen LogP contribution in [0.4, 0.5) is 4.39 Å². The van der Waals surface area contributed by atoms with Crippen LogP contribution in [0.15, 0.2) is 42.5 Å². The smallest absolute Gasteiger partial charge is 0.133 e. The van der Waals surface area contributed by atoms with E-state index in [9.17, 15) is 4.39 Å². The Bertz CT molecular complexity index is 584. The molecular weight excluding hydrogens is 289 g/mol. The van der Waals surface area contributed by atoms with Crippen LogP contribution in [-0.4, -0.2) is 6.54 Å². The predicted octanol–water partition coefficient (Wildman–Crippen LogP) is 5.02. The van der Waals surface area contributed by atoms with Gasteiger partial charge < -0.3 is 10.1 Å². The molecule has 0 atom stereocenters. The van der Waals surface area contributed by atoms with Crippen molar-refractivity contribution in [3.8, 4) is 11.5 Å². The maximum absolute atomic E-state index is 12.9. The van der Waals surface area contributed by atoms with Crippen LogP contribution in [0.2, 0.25) is 5.02 Å². The summed E-state index contributed by atoms with van der Waals surface area (Å²) < 4.78 is 18.7. The molecule has 0 bridgehead atoms. The Morgan fingerprint density at radius 3 is 2.52 bits per heavy atom. The SMILES string of the molecule is CC(C)CNCc1c(Cl)cccc1Oc1ccc(F)cc1. The van der Waals surface area contributed by atoms with E-state index in [0.29, 0.717) is 29.0 Å². The lowest BCUT2D eigenvalue weighted by Gasteiger charge is -2.14. The van der Waals surface area contributed by atoms with E-state index in [4.69, 9.17) is 16.3 Å². The quantitative estimate of drug-likeness (QED) is 0.809. The van der Waals surface area contributed by atoms with E-state index in [1.165, 1.54) is 12.1 Å². The summed E-state index contributed by atoms with van der Waals surface area (Å²) in [5, 5.41) is 4.01. The van der Waals surface area contributed by atoms with Gasteiger partial charge in [-0.25, -0.2) is 4.39 Å². The molecule has 0 amide bonds. The molecule has 21 heavy (non-hydrogen) atoms. The number of halogens is 2. The topological polar surface area (TPSA) is 21.3 Å². The van der Waals surface area contributed by atoms with E-state index in [1.807, 2.05) is 18.2 Å². The van der Waals surface area contributed by atoms with E-state index >= 15 is 0 Å². The van der Waals surface area contributed by atoms with Gasteiger partial charge in [0.15, 0.2) is 0 Å². The van der Waals surface area contributed by atoms with Crippen molar-refractivity contribution in [3.63, 3.8) is 0 Å². The van der Waals surface area contributed by atoms with Gasteiger partial charge in [0, 0.05) is 17.1 Å². The van der Waals surface area contributed by atoms with Gasteiger partial charge in [-0.05, 0) is 48.9 Å². The average Bonchev–Trinajstić information content (AvgIpc) is 2.44. The number of nitrogens with one attached hydrogen (secondary N) is 1. The molecule has 0 saturated carbocycles. The number of ether oxygens (including phenoxy) is 1. The third-order valence-corrected chi connectivity index (χ3v) is 3.33. The molecular formula is C17H19ClFNO. The minimum Gasteiger partial charge on any atom is -0.457 e. The molecule has 2 aromatic rings. The van der Waals surface area contributed by atoms with Gasteiger partial charge in [-0.2, -0.15) is 0 Å². The zero-order valence-corrected chi connectivity index (χ0v) is 13.0. The standard InChI is InChI=1S/C17H19ClFNO/c1-12(2)10-20-11-15-16(18)4-3-5-17(15)21-14-8-6-13(19)7-9-14/h3-9,12,20H,10-11H2,1-2H3. The molecule has 112 valence electrons. The van der Waals surface area contributed by atoms with Gasteiger partial charge in [0.2, 0.25) is 0 Å². The number of benzene rings is 2. The first-order chi connectivity index (χ1) is 10.1. The summed E-state index contributed by atoms with van der Waals surface area (Å²) in [4.78, 5) is 0. The highest BCUT2D eigenvalue weighted by atomic mass is 35.5. The lowest BCUT2D eigenvalue weighted by Crippen LogP contribution is -2.19. The summed E-state index contributed by atoms with van der Waals surface area (Å²) in [5.41, 5.74) is 0.907. The first-order valence-electron chi connectivity index (χ1n) is 6.98. The summed E-state index contributed by atoms with van der Waals surface area (Å²) in [7, 11) is 0. The van der Waals surface area contributed by atoms with Crippen LogP contribution in [0, 0.1) is 11.7 Å². The predicted molar refractivity (Wildman–Crippen MR) is 84.5 cm³/mol. The van der Waals surface area contributed by atoms with E-state index in [-0.39, 0.29) is 5.82 Å². The second-order valence-electron chi connectivity index (χ2n) is 5.30. The van der Waals surface area contributed by atoms with Gasteiger partial charge in [-0.1, -0.05) is 31.5 Å². The average molecular weight is 308 g/mol. The van der Waals surface area contributed by atoms with Crippen LogP contribution in [0.1, 0.15) is 19.4 Å². The molecule has 1 N–H and O–H groups in total. The van der Waals surface area contributed by atoms with Gasteiger partial charge >= 0.3 is 0 Å². The number of hydrogen-bond acceptors (Lipinski definition) is 2. The molecule has 0 saturated heterocycles. The maximum Gasteiger partial charge on any atom is 0.133 e. The van der Waals surface area contributed by atoms with Crippen molar-refractivity contribution in [1.82, 2.24) is 5.32 Å². The number of rotatable bonds is 6. The Morgan fingerprint density at radius 2 is 1.86 bits per heavy atom. The largest absolute Gasteiger partial charge is 0.457 e. The molecule has 0 radical (unpaired) electrons. The zero-order chi connectivity index (χ0) is 15.2. The van der Waals surface area contributed by atoms with Gasteiger partial charge in [-0.3, -0.25) is 0 Å². The summed E-state index contributed by atoms with van der Waals surface area (Å²) >= 11 is 6.26. The second-order valence-corrected chi connectivity index (χ2v) is 5.70. The number of hydrogen-bond donors (Lipinski definition) is 1. The van der Waals surface area contributed by atoms with E-state index in [0.717, 1.165) is 12.1 Å². The molecule has 0 aliphatic heterocycles. The summed E-state index contributed by atoms with van der Waals surface area (Å²) in [6.07, 6.45) is 0. The first kappa shape index (κ1) is 15.8. The Hall–Kier alpha value is -1.58. The highest BCUT2D eigenvalue weighted by Gasteiger charge is 2.09. The minimum absolute atomic E-state index is 0.285. The van der Waals surface area contributed by atoms with Crippen LogP contribution in [-0.2, 0) is 6.54 Å². The fraction of sp³-hybridized carbons (Fsp3) is 0.294. The van der Waals surface area contributed by atoms with Crippen molar-refractivity contribution in [3.05, 3.63) is 58.9 Å². The van der Waals surface area contributed by atoms with Crippen molar-refractivity contribution in [2.75, 3.05) is 6.54 Å². The molecule has 0 spiro atoms. The van der Waals surface area contributed by atoms with Crippen LogP contribution >= 0.6 is 11.6 Å². The van der Waals surface area contributed by atoms with E-state index in [1.54, 1.807) is 12.1 Å². The van der Waals surface area contributed by atoms with Crippen LogP contribution in [0.25, 0.3) is 0 Å². The van der Waals surface area contributed by atoms with Crippen LogP contribution in [0.3, 0.4) is 0 Å². The minimum atomic E-state index is -0.285. The van der Waals surface area contributed by atoms with Gasteiger partial charge in [0.05, 0.1) is 0 Å². The molecule has 2 aromatic carbocycles. The first-order valence-corrected chi connectivity index (χ1v) is 7.35. The highest BCUT2D eigenvalue weighted by molar-refractivity contribution is 6.31. The molecule has 0 unspecified atom stereocenters. The van der Waals surface area contributed by atoms with Gasteiger partial charge in [-0.15, -0.1) is 0 Å². The van der Waals surface area contributed by atoms with Crippen molar-refractivity contribution in [1.29, 1.82) is 0 Å².